The number of hydrogen-bond donors (Lipinski definition) is 5. The largest absolute Gasteiger partial charge is 0.438 e. The summed E-state index contributed by atoms with van der Waals surface area (Å²) in [5.41, 5.74) is -1.19. The van der Waals surface area contributed by atoms with Gasteiger partial charge in [-0.15, -0.1) is 23.4 Å². The molecular weight excluding hydrogens is 549 g/mol. The van der Waals surface area contributed by atoms with Gasteiger partial charge >= 0.3 is 11.6 Å². The topological polar surface area (TPSA) is 125 Å². The average Bonchev–Trinajstić information content (AvgIpc) is 3.13. The number of hydrogen-bond acceptors (Lipinski definition) is 8. The molecule has 1 amide bonds. The van der Waals surface area contributed by atoms with Crippen molar-refractivity contribution in [3.8, 4) is 18.4 Å². The lowest BCUT2D eigenvalue weighted by Crippen LogP contribution is -2.67. The number of rotatable bonds is 5. The quantitative estimate of drug-likeness (QED) is 0.259. The summed E-state index contributed by atoms with van der Waals surface area (Å²) in [5.74, 6) is 4.72. The van der Waals surface area contributed by atoms with Gasteiger partial charge in [-0.05, 0) is 36.2 Å². The lowest BCUT2D eigenvalue weighted by Gasteiger charge is -2.44. The van der Waals surface area contributed by atoms with Gasteiger partial charge in [-0.3, -0.25) is 4.79 Å². The van der Waals surface area contributed by atoms with Crippen LogP contribution in [0.5, 0.6) is 0 Å². The van der Waals surface area contributed by atoms with E-state index in [2.05, 4.69) is 27.3 Å². The van der Waals surface area contributed by atoms with E-state index in [1.54, 1.807) is 25.3 Å². The van der Waals surface area contributed by atoms with Crippen molar-refractivity contribution in [3.63, 3.8) is 0 Å². The zero-order valence-corrected chi connectivity index (χ0v) is 23.0. The normalized spacial score (nSPS) is 35.7. The van der Waals surface area contributed by atoms with Crippen LogP contribution >= 0.6 is 23.4 Å². The number of fused-ring (bicyclic) bond motifs is 1. The van der Waals surface area contributed by atoms with E-state index in [-0.39, 0.29) is 18.3 Å². The molecule has 3 unspecified atom stereocenters. The molecule has 5 N–H and O–H groups in total. The SMILES string of the molecule is C#[N+][C@]1(C(=O)N[C@H]([C@H](C)Cl)[C@H]2OC(SC)[C@H](O)C(O)C2O)NC[C@@H]2C=C(C#Cc3cccc(F)c3)CCO[C@H]21. The molecule has 2 saturated heterocycles. The first-order chi connectivity index (χ1) is 18.6. The first-order valence-electron chi connectivity index (χ1n) is 12.6. The molecule has 12 heteroatoms. The Labute approximate surface area is 235 Å². The summed E-state index contributed by atoms with van der Waals surface area (Å²) < 4.78 is 25.4. The van der Waals surface area contributed by atoms with Crippen LogP contribution in [0.2, 0.25) is 0 Å². The van der Waals surface area contributed by atoms with E-state index in [4.69, 9.17) is 27.6 Å². The highest BCUT2D eigenvalue weighted by Crippen LogP contribution is 2.35. The highest BCUT2D eigenvalue weighted by atomic mass is 35.5. The first kappa shape index (κ1) is 29.8. The fourth-order valence-electron chi connectivity index (χ4n) is 5.11. The number of halogens is 2. The number of aliphatic hydroxyl groups is 3. The molecule has 0 radical (unpaired) electrons. The van der Waals surface area contributed by atoms with Gasteiger partial charge in [0.25, 0.3) is 6.57 Å². The number of benzene rings is 1. The average molecular weight is 581 g/mol. The van der Waals surface area contributed by atoms with Crippen molar-refractivity contribution in [3.05, 3.63) is 52.1 Å². The Hall–Kier alpha value is -2.19. The first-order valence-corrected chi connectivity index (χ1v) is 14.3. The second kappa shape index (κ2) is 12.5. The van der Waals surface area contributed by atoms with Gasteiger partial charge in [0, 0.05) is 30.0 Å². The number of carbonyl (C=O) groups is 1. The molecule has 210 valence electrons. The lowest BCUT2D eigenvalue weighted by molar-refractivity contribution is -0.205. The molecule has 0 spiro atoms. The summed E-state index contributed by atoms with van der Waals surface area (Å²) in [6.07, 6.45) is -2.15. The van der Waals surface area contributed by atoms with Crippen LogP contribution in [-0.4, -0.2) is 93.7 Å². The molecule has 39 heavy (non-hydrogen) atoms. The smallest absolute Gasteiger partial charge is 0.388 e. The van der Waals surface area contributed by atoms with Gasteiger partial charge in [-0.1, -0.05) is 24.0 Å². The van der Waals surface area contributed by atoms with Gasteiger partial charge < -0.3 is 30.1 Å². The molecule has 0 aromatic heterocycles. The lowest BCUT2D eigenvalue weighted by atomic mass is 9.91. The highest BCUT2D eigenvalue weighted by Gasteiger charge is 2.65. The molecule has 0 bridgehead atoms. The molecular formula is C27H32ClFN3O6S+. The number of nitrogens with zero attached hydrogens (tertiary/aromatic N) is 1. The van der Waals surface area contributed by atoms with Crippen LogP contribution < -0.4 is 10.6 Å². The number of amides is 1. The van der Waals surface area contributed by atoms with Crippen molar-refractivity contribution in [2.75, 3.05) is 19.4 Å². The van der Waals surface area contributed by atoms with Crippen LogP contribution in [0, 0.1) is 30.1 Å². The predicted molar refractivity (Wildman–Crippen MR) is 146 cm³/mol. The predicted octanol–water partition coefficient (Wildman–Crippen LogP) is 1.05. The van der Waals surface area contributed by atoms with Crippen LogP contribution in [0.1, 0.15) is 18.9 Å². The minimum Gasteiger partial charge on any atom is -0.388 e. The Bertz CT molecular complexity index is 1200. The molecule has 1 aromatic rings. The molecule has 10 atom stereocenters. The zero-order chi connectivity index (χ0) is 28.3. The van der Waals surface area contributed by atoms with E-state index >= 15 is 0 Å². The van der Waals surface area contributed by atoms with Crippen molar-refractivity contribution >= 4 is 29.3 Å². The number of alkyl halides is 1. The molecule has 1 aromatic carbocycles. The van der Waals surface area contributed by atoms with Crippen molar-refractivity contribution in [1.82, 2.24) is 10.6 Å². The molecule has 2 fully saturated rings. The second-order valence-electron chi connectivity index (χ2n) is 9.79. The third kappa shape index (κ3) is 6.12. The summed E-state index contributed by atoms with van der Waals surface area (Å²) in [5, 5.41) is 36.4. The molecule has 0 saturated carbocycles. The van der Waals surface area contributed by atoms with Gasteiger partial charge in [0.05, 0.1) is 18.0 Å². The molecule has 3 heterocycles. The maximum atomic E-state index is 13.7. The van der Waals surface area contributed by atoms with Gasteiger partial charge in [-0.2, -0.15) is 0 Å². The Morgan fingerprint density at radius 1 is 1.33 bits per heavy atom. The van der Waals surface area contributed by atoms with E-state index in [0.29, 0.717) is 18.5 Å². The number of carbonyl (C=O) groups excluding carboxylic acids is 1. The van der Waals surface area contributed by atoms with E-state index in [9.17, 15) is 24.5 Å². The second-order valence-corrected chi connectivity index (χ2v) is 11.4. The van der Waals surface area contributed by atoms with Gasteiger partial charge in [0.2, 0.25) is 0 Å². The zero-order valence-electron chi connectivity index (χ0n) is 21.5. The third-order valence-electron chi connectivity index (χ3n) is 7.22. The Morgan fingerprint density at radius 2 is 2.10 bits per heavy atom. The molecule has 3 aliphatic rings. The van der Waals surface area contributed by atoms with Crippen LogP contribution in [0.15, 0.2) is 35.9 Å². The van der Waals surface area contributed by atoms with E-state index in [0.717, 1.165) is 17.3 Å². The van der Waals surface area contributed by atoms with E-state index in [1.165, 1.54) is 12.1 Å². The molecule has 0 aliphatic carbocycles. The molecule has 9 nitrogen and oxygen atoms in total. The van der Waals surface area contributed by atoms with Crippen molar-refractivity contribution in [1.29, 1.82) is 0 Å². The Morgan fingerprint density at radius 3 is 2.77 bits per heavy atom. The van der Waals surface area contributed by atoms with Crippen molar-refractivity contribution in [2.24, 2.45) is 5.92 Å². The third-order valence-corrected chi connectivity index (χ3v) is 8.35. The molecule has 4 rings (SSSR count). The van der Waals surface area contributed by atoms with Crippen molar-refractivity contribution in [2.45, 2.75) is 66.4 Å². The fourth-order valence-corrected chi connectivity index (χ4v) is 6.00. The summed E-state index contributed by atoms with van der Waals surface area (Å²) in [7, 11) is 0. The molecule has 3 aliphatic heterocycles. The van der Waals surface area contributed by atoms with Gasteiger partial charge in [0.15, 0.2) is 6.10 Å². The monoisotopic (exact) mass is 580 g/mol. The highest BCUT2D eigenvalue weighted by molar-refractivity contribution is 7.99. The van der Waals surface area contributed by atoms with Gasteiger partial charge in [0.1, 0.15) is 35.7 Å². The van der Waals surface area contributed by atoms with Gasteiger partial charge in [-0.25, -0.2) is 9.71 Å². The van der Waals surface area contributed by atoms with Crippen LogP contribution in [0.4, 0.5) is 4.39 Å². The minimum absolute atomic E-state index is 0.246. The van der Waals surface area contributed by atoms with Crippen LogP contribution in [0.3, 0.4) is 0 Å². The van der Waals surface area contributed by atoms with Crippen LogP contribution in [0.25, 0.3) is 4.85 Å². The van der Waals surface area contributed by atoms with Crippen LogP contribution in [-0.2, 0) is 14.3 Å². The Kier molecular flexibility index (Phi) is 9.58. The standard InChI is InChI=1S/C27H31ClFN3O6S/c1-14(28)19(23-21(34)20(33)22(35)25(38-23)39-3)32-26(36)27(30-2)24-17(13-31-27)11-16(9-10-37-24)8-7-15-5-4-6-18(29)12-15/h2,4-6,11-12,14,17,19-25,31,33-35H,9-10,13H2,1,3H3/p+1/t14-,17-,19+,20?,21?,22+,23+,24+,25?,27-/m0/s1. The number of aliphatic hydroxyl groups excluding tert-OH is 3. The number of ether oxygens (including phenoxy) is 2. The summed E-state index contributed by atoms with van der Waals surface area (Å²) >= 11 is 7.57. The van der Waals surface area contributed by atoms with E-state index in [1.807, 2.05) is 6.08 Å². The summed E-state index contributed by atoms with van der Waals surface area (Å²) in [4.78, 5) is 17.6. The minimum atomic E-state index is -1.67. The maximum Gasteiger partial charge on any atom is 0.438 e. The number of nitrogens with one attached hydrogen (secondary N) is 2. The fraction of sp³-hybridized carbons (Fsp3) is 0.556. The maximum absolute atomic E-state index is 13.7. The van der Waals surface area contributed by atoms with Crippen molar-refractivity contribution < 1.29 is 34.0 Å². The number of thioether (sulfide) groups is 1. The summed E-state index contributed by atoms with van der Waals surface area (Å²) in [6.45, 7) is 7.97. The van der Waals surface area contributed by atoms with E-state index < -0.39 is 58.9 Å². The Balaban J connectivity index is 1.54. The summed E-state index contributed by atoms with van der Waals surface area (Å²) in [6, 6.07) is 5.04.